The zero-order valence-corrected chi connectivity index (χ0v) is 11.2. The lowest BCUT2D eigenvalue weighted by Crippen LogP contribution is -2.11. The summed E-state index contributed by atoms with van der Waals surface area (Å²) >= 11 is 2.41. The van der Waals surface area contributed by atoms with Gasteiger partial charge in [0.2, 0.25) is 0 Å². The van der Waals surface area contributed by atoms with E-state index in [-0.39, 0.29) is 6.29 Å². The summed E-state index contributed by atoms with van der Waals surface area (Å²) in [7, 11) is 0. The Balaban J connectivity index is 2.27. The van der Waals surface area contributed by atoms with Gasteiger partial charge in [-0.15, -0.1) is 0 Å². The van der Waals surface area contributed by atoms with Crippen LogP contribution in [0.15, 0.2) is 9.15 Å². The molecule has 1 fully saturated rings. The largest absolute Gasteiger partial charge is 0.352 e. The molecule has 0 amide bonds. The van der Waals surface area contributed by atoms with Crippen molar-refractivity contribution in [3.63, 3.8) is 0 Å². The molecule has 0 radical (unpaired) electrons. The molecule has 1 saturated heterocycles. The third-order valence-corrected chi connectivity index (χ3v) is 3.88. The van der Waals surface area contributed by atoms with Crippen LogP contribution in [0.5, 0.6) is 0 Å². The van der Waals surface area contributed by atoms with Gasteiger partial charge < -0.3 is 9.47 Å². The minimum Gasteiger partial charge on any atom is -0.352 e. The van der Waals surface area contributed by atoms with Crippen molar-refractivity contribution in [1.29, 1.82) is 0 Å². The van der Waals surface area contributed by atoms with Crippen LogP contribution in [0.25, 0.3) is 0 Å². The van der Waals surface area contributed by atoms with Gasteiger partial charge in [0.1, 0.15) is 0 Å². The lowest BCUT2D eigenvalue weighted by atomic mass is 10.2. The van der Waals surface area contributed by atoms with Crippen LogP contribution >= 0.6 is 22.6 Å². The van der Waals surface area contributed by atoms with Crippen LogP contribution in [0.3, 0.4) is 0 Å². The number of allylic oxidation sites excluding steroid dienone is 1. The highest BCUT2D eigenvalue weighted by molar-refractivity contribution is 14.1. The second-order valence-electron chi connectivity index (χ2n) is 3.53. The summed E-state index contributed by atoms with van der Waals surface area (Å²) in [4.78, 5) is 0. The number of hydrogen-bond donors (Lipinski definition) is 0. The molecule has 0 spiro atoms. The zero-order chi connectivity index (χ0) is 10.4. The molecule has 0 bridgehead atoms. The molecule has 3 heteroatoms. The molecule has 0 N–H and O–H groups in total. The maximum atomic E-state index is 5.61. The highest BCUT2D eigenvalue weighted by Crippen LogP contribution is 2.27. The average molecular weight is 310 g/mol. The van der Waals surface area contributed by atoms with Gasteiger partial charge >= 0.3 is 0 Å². The van der Waals surface area contributed by atoms with Crippen LogP contribution < -0.4 is 0 Å². The van der Waals surface area contributed by atoms with Crippen molar-refractivity contribution in [3.05, 3.63) is 9.15 Å². The van der Waals surface area contributed by atoms with Crippen LogP contribution in [-0.4, -0.2) is 19.5 Å². The highest BCUT2D eigenvalue weighted by atomic mass is 127. The Morgan fingerprint density at radius 3 is 3.00 bits per heavy atom. The van der Waals surface area contributed by atoms with Crippen LogP contribution in [0.2, 0.25) is 0 Å². The molecule has 0 aromatic heterocycles. The normalized spacial score (nSPS) is 25.5. The third kappa shape index (κ3) is 3.87. The second-order valence-corrected chi connectivity index (χ2v) is 4.83. The van der Waals surface area contributed by atoms with Crippen LogP contribution in [0, 0.1) is 0 Å². The van der Waals surface area contributed by atoms with Crippen LogP contribution in [0.1, 0.15) is 39.5 Å². The predicted molar refractivity (Wildman–Crippen MR) is 66.6 cm³/mol. The summed E-state index contributed by atoms with van der Waals surface area (Å²) < 4.78 is 12.6. The highest BCUT2D eigenvalue weighted by Gasteiger charge is 2.21. The van der Waals surface area contributed by atoms with E-state index >= 15 is 0 Å². The summed E-state index contributed by atoms with van der Waals surface area (Å²) in [6, 6.07) is 0. The van der Waals surface area contributed by atoms with Gasteiger partial charge in [-0.2, -0.15) is 0 Å². The van der Waals surface area contributed by atoms with Gasteiger partial charge in [0.15, 0.2) is 6.29 Å². The SMILES string of the molecule is CCCCO[C@@H]1C/C(=C(\I)CC)CO1. The van der Waals surface area contributed by atoms with Crippen LogP contribution in [-0.2, 0) is 9.47 Å². The van der Waals surface area contributed by atoms with Gasteiger partial charge in [-0.3, -0.25) is 0 Å². The smallest absolute Gasteiger partial charge is 0.161 e. The molecule has 0 unspecified atom stereocenters. The topological polar surface area (TPSA) is 18.5 Å². The molecule has 0 saturated carbocycles. The summed E-state index contributed by atoms with van der Waals surface area (Å²) in [5.41, 5.74) is 1.43. The number of hydrogen-bond acceptors (Lipinski definition) is 2. The van der Waals surface area contributed by atoms with E-state index in [9.17, 15) is 0 Å². The summed E-state index contributed by atoms with van der Waals surface area (Å²) in [5, 5.41) is 0. The van der Waals surface area contributed by atoms with Gasteiger partial charge in [0, 0.05) is 13.0 Å². The molecular formula is C11H19IO2. The van der Waals surface area contributed by atoms with Crippen molar-refractivity contribution < 1.29 is 9.47 Å². The number of halogens is 1. The Bertz CT molecular complexity index is 201. The maximum absolute atomic E-state index is 5.61. The zero-order valence-electron chi connectivity index (χ0n) is 9.01. The quantitative estimate of drug-likeness (QED) is 0.570. The van der Waals surface area contributed by atoms with Crippen molar-refractivity contribution in [2.45, 2.75) is 45.8 Å². The van der Waals surface area contributed by atoms with Gasteiger partial charge in [0.05, 0.1) is 6.61 Å². The van der Waals surface area contributed by atoms with E-state index in [1.54, 1.807) is 0 Å². The van der Waals surface area contributed by atoms with Crippen molar-refractivity contribution in [1.82, 2.24) is 0 Å². The van der Waals surface area contributed by atoms with Crippen molar-refractivity contribution in [2.75, 3.05) is 13.2 Å². The van der Waals surface area contributed by atoms with Crippen molar-refractivity contribution in [3.8, 4) is 0 Å². The van der Waals surface area contributed by atoms with Gasteiger partial charge in [-0.25, -0.2) is 0 Å². The minimum atomic E-state index is 0.0212. The fourth-order valence-electron chi connectivity index (χ4n) is 1.42. The van der Waals surface area contributed by atoms with E-state index in [1.807, 2.05) is 0 Å². The first-order valence-electron chi connectivity index (χ1n) is 5.37. The van der Waals surface area contributed by atoms with Crippen molar-refractivity contribution >= 4 is 22.6 Å². The molecule has 1 atom stereocenters. The van der Waals surface area contributed by atoms with Gasteiger partial charge in [-0.05, 0) is 44.6 Å². The lowest BCUT2D eigenvalue weighted by molar-refractivity contribution is -0.111. The third-order valence-electron chi connectivity index (χ3n) is 2.35. The predicted octanol–water partition coefficient (Wildman–Crippen LogP) is 3.65. The molecule has 14 heavy (non-hydrogen) atoms. The first-order valence-corrected chi connectivity index (χ1v) is 6.45. The summed E-state index contributed by atoms with van der Waals surface area (Å²) in [6.45, 7) is 5.95. The fraction of sp³-hybridized carbons (Fsp3) is 0.818. The van der Waals surface area contributed by atoms with Gasteiger partial charge in [0.25, 0.3) is 0 Å². The van der Waals surface area contributed by atoms with Gasteiger partial charge in [-0.1, -0.05) is 20.3 Å². The first kappa shape index (κ1) is 12.5. The maximum Gasteiger partial charge on any atom is 0.161 e. The van der Waals surface area contributed by atoms with E-state index in [0.29, 0.717) is 0 Å². The minimum absolute atomic E-state index is 0.0212. The average Bonchev–Trinajstić information content (AvgIpc) is 2.66. The van der Waals surface area contributed by atoms with Crippen LogP contribution in [0.4, 0.5) is 0 Å². The fourth-order valence-corrected chi connectivity index (χ4v) is 1.79. The standard InChI is InChI=1S/C11H19IO2/c1-3-5-6-13-11-7-9(8-14-11)10(12)4-2/h11H,3-8H2,1-2H3/b10-9+/t11-/m0/s1. The molecule has 0 aliphatic carbocycles. The molecule has 0 aromatic carbocycles. The van der Waals surface area contributed by atoms with E-state index < -0.39 is 0 Å². The molecule has 82 valence electrons. The Morgan fingerprint density at radius 2 is 2.36 bits per heavy atom. The van der Waals surface area contributed by atoms with E-state index in [0.717, 1.165) is 32.5 Å². The molecule has 1 rings (SSSR count). The molecule has 1 aliphatic heterocycles. The Morgan fingerprint density at radius 1 is 1.57 bits per heavy atom. The first-order chi connectivity index (χ1) is 6.77. The number of ether oxygens (including phenoxy) is 2. The van der Waals surface area contributed by atoms with E-state index in [1.165, 1.54) is 15.6 Å². The molecule has 2 nitrogen and oxygen atoms in total. The molecule has 0 aromatic rings. The second kappa shape index (κ2) is 6.80. The molecule has 1 heterocycles. The Labute approximate surface area is 100 Å². The van der Waals surface area contributed by atoms with Crippen molar-refractivity contribution in [2.24, 2.45) is 0 Å². The number of unbranched alkanes of at least 4 members (excludes halogenated alkanes) is 1. The molecular weight excluding hydrogens is 291 g/mol. The Kier molecular flexibility index (Phi) is 6.05. The number of rotatable bonds is 5. The summed E-state index contributed by atoms with van der Waals surface area (Å²) in [6.07, 6.45) is 4.41. The van der Waals surface area contributed by atoms with E-state index in [2.05, 4.69) is 36.4 Å². The van der Waals surface area contributed by atoms with E-state index in [4.69, 9.17) is 9.47 Å². The Hall–Kier alpha value is 0.390. The molecule has 1 aliphatic rings. The lowest BCUT2D eigenvalue weighted by Gasteiger charge is -2.09. The summed E-state index contributed by atoms with van der Waals surface area (Å²) in [5.74, 6) is 0. The monoisotopic (exact) mass is 310 g/mol.